The summed E-state index contributed by atoms with van der Waals surface area (Å²) in [6, 6.07) is 6.09. The second-order valence-electron chi connectivity index (χ2n) is 6.89. The molecule has 0 aliphatic heterocycles. The molecule has 150 valence electrons. The lowest BCUT2D eigenvalue weighted by atomic mass is 10.1. The first-order valence-corrected chi connectivity index (χ1v) is 10.3. The maximum absolute atomic E-state index is 12.0. The maximum atomic E-state index is 12.0. The summed E-state index contributed by atoms with van der Waals surface area (Å²) < 4.78 is 5.13. The molecule has 0 aliphatic rings. The van der Waals surface area contributed by atoms with Crippen LogP contribution in [0.15, 0.2) is 36.4 Å². The zero-order valence-electron chi connectivity index (χ0n) is 16.6. The van der Waals surface area contributed by atoms with Crippen LogP contribution in [0.2, 0.25) is 0 Å². The zero-order valence-corrected chi connectivity index (χ0v) is 16.6. The van der Waals surface area contributed by atoms with E-state index in [2.05, 4.69) is 6.92 Å². The first-order valence-electron chi connectivity index (χ1n) is 10.3. The van der Waals surface area contributed by atoms with Crippen molar-refractivity contribution in [2.24, 2.45) is 0 Å². The Morgan fingerprint density at radius 3 is 2.00 bits per heavy atom. The Balaban J connectivity index is 2.05. The van der Waals surface area contributed by atoms with Crippen LogP contribution in [0.25, 0.3) is 0 Å². The van der Waals surface area contributed by atoms with Crippen molar-refractivity contribution < 1.29 is 19.4 Å². The normalized spacial score (nSPS) is 11.0. The van der Waals surface area contributed by atoms with Crippen molar-refractivity contribution in [3.63, 3.8) is 0 Å². The van der Waals surface area contributed by atoms with Crippen molar-refractivity contribution in [3.05, 3.63) is 47.5 Å². The molecule has 0 radical (unpaired) electrons. The number of ether oxygens (including phenoxy) is 1. The van der Waals surface area contributed by atoms with Crippen molar-refractivity contribution in [1.29, 1.82) is 0 Å². The Hall–Kier alpha value is -2.10. The van der Waals surface area contributed by atoms with Crippen molar-refractivity contribution in [2.75, 3.05) is 6.61 Å². The van der Waals surface area contributed by atoms with Crippen LogP contribution in [0.3, 0.4) is 0 Å². The minimum absolute atomic E-state index is 0.0307. The Labute approximate surface area is 163 Å². The first kappa shape index (κ1) is 22.9. The smallest absolute Gasteiger partial charge is 0.339 e. The molecular formula is C23H34O4. The number of carboxylic acid groups (broad SMARTS) is 1. The summed E-state index contributed by atoms with van der Waals surface area (Å²) in [7, 11) is 0. The fraction of sp³-hybridized carbons (Fsp3) is 0.565. The molecule has 0 heterocycles. The van der Waals surface area contributed by atoms with Gasteiger partial charge in [0, 0.05) is 0 Å². The zero-order chi connectivity index (χ0) is 19.7. The highest BCUT2D eigenvalue weighted by Crippen LogP contribution is 2.12. The van der Waals surface area contributed by atoms with Gasteiger partial charge in [0.2, 0.25) is 0 Å². The molecule has 0 amide bonds. The van der Waals surface area contributed by atoms with Gasteiger partial charge in [0.25, 0.3) is 0 Å². The van der Waals surface area contributed by atoms with Crippen molar-refractivity contribution in [3.8, 4) is 0 Å². The molecule has 0 aliphatic carbocycles. The Kier molecular flexibility index (Phi) is 12.7. The van der Waals surface area contributed by atoms with E-state index < -0.39 is 11.9 Å². The van der Waals surface area contributed by atoms with E-state index in [1.165, 1.54) is 69.9 Å². The Bertz CT molecular complexity index is 577. The van der Waals surface area contributed by atoms with E-state index in [0.29, 0.717) is 0 Å². The van der Waals surface area contributed by atoms with Crippen molar-refractivity contribution >= 4 is 11.9 Å². The predicted octanol–water partition coefficient (Wildman–Crippen LogP) is 6.41. The van der Waals surface area contributed by atoms with Gasteiger partial charge in [0.05, 0.1) is 11.1 Å². The number of aromatic carboxylic acids is 1. The van der Waals surface area contributed by atoms with E-state index in [0.717, 1.165) is 12.8 Å². The van der Waals surface area contributed by atoms with Crippen LogP contribution in [0.4, 0.5) is 0 Å². The van der Waals surface area contributed by atoms with E-state index in [1.807, 2.05) is 12.2 Å². The Morgan fingerprint density at radius 2 is 1.41 bits per heavy atom. The molecular weight excluding hydrogens is 340 g/mol. The van der Waals surface area contributed by atoms with Crippen LogP contribution >= 0.6 is 0 Å². The Morgan fingerprint density at radius 1 is 0.852 bits per heavy atom. The monoisotopic (exact) mass is 374 g/mol. The minimum Gasteiger partial charge on any atom is -0.478 e. The predicted molar refractivity (Wildman–Crippen MR) is 109 cm³/mol. The average Bonchev–Trinajstić information content (AvgIpc) is 2.68. The summed E-state index contributed by atoms with van der Waals surface area (Å²) in [5.74, 6) is -1.73. The summed E-state index contributed by atoms with van der Waals surface area (Å²) in [6.07, 6.45) is 18.0. The fourth-order valence-electron chi connectivity index (χ4n) is 2.98. The molecule has 0 unspecified atom stereocenters. The number of esters is 1. The van der Waals surface area contributed by atoms with Gasteiger partial charge in [-0.05, 0) is 25.0 Å². The third-order valence-electron chi connectivity index (χ3n) is 4.58. The number of hydrogen-bond acceptors (Lipinski definition) is 3. The number of benzene rings is 1. The summed E-state index contributed by atoms with van der Waals surface area (Å²) in [4.78, 5) is 23.1. The third-order valence-corrected chi connectivity index (χ3v) is 4.58. The molecule has 1 rings (SSSR count). The van der Waals surface area contributed by atoms with E-state index >= 15 is 0 Å². The molecule has 0 aromatic heterocycles. The number of hydrogen-bond donors (Lipinski definition) is 1. The molecule has 0 atom stereocenters. The van der Waals surface area contributed by atoms with Gasteiger partial charge in [-0.3, -0.25) is 0 Å². The molecule has 27 heavy (non-hydrogen) atoms. The summed E-state index contributed by atoms with van der Waals surface area (Å²) in [5, 5.41) is 9.09. The van der Waals surface area contributed by atoms with Crippen molar-refractivity contribution in [2.45, 2.75) is 77.6 Å². The molecule has 1 aromatic rings. The highest BCUT2D eigenvalue weighted by molar-refractivity contribution is 6.02. The van der Waals surface area contributed by atoms with Gasteiger partial charge in [0.15, 0.2) is 0 Å². The second-order valence-corrected chi connectivity index (χ2v) is 6.89. The third kappa shape index (κ3) is 10.6. The average molecular weight is 375 g/mol. The van der Waals surface area contributed by atoms with Crippen molar-refractivity contribution in [1.82, 2.24) is 0 Å². The van der Waals surface area contributed by atoms with Gasteiger partial charge < -0.3 is 9.84 Å². The van der Waals surface area contributed by atoms with E-state index in [4.69, 9.17) is 9.84 Å². The lowest BCUT2D eigenvalue weighted by Crippen LogP contribution is -2.11. The van der Waals surface area contributed by atoms with Gasteiger partial charge in [-0.2, -0.15) is 0 Å². The van der Waals surface area contributed by atoms with Gasteiger partial charge in [-0.15, -0.1) is 0 Å². The van der Waals surface area contributed by atoms with Gasteiger partial charge >= 0.3 is 11.9 Å². The quantitative estimate of drug-likeness (QED) is 0.219. The molecule has 0 saturated heterocycles. The summed E-state index contributed by atoms with van der Waals surface area (Å²) >= 11 is 0. The first-order chi connectivity index (χ1) is 13.2. The maximum Gasteiger partial charge on any atom is 0.339 e. The largest absolute Gasteiger partial charge is 0.478 e. The number of rotatable bonds is 15. The fourth-order valence-corrected chi connectivity index (χ4v) is 2.98. The molecule has 0 saturated carbocycles. The van der Waals surface area contributed by atoms with Gasteiger partial charge in [-0.25, -0.2) is 9.59 Å². The van der Waals surface area contributed by atoms with Crippen LogP contribution in [0, 0.1) is 0 Å². The van der Waals surface area contributed by atoms with E-state index in [-0.39, 0.29) is 17.7 Å². The number of allylic oxidation sites excluding steroid dienone is 1. The molecule has 1 N–H and O–H groups in total. The van der Waals surface area contributed by atoms with Crippen LogP contribution < -0.4 is 0 Å². The van der Waals surface area contributed by atoms with E-state index in [1.54, 1.807) is 12.1 Å². The van der Waals surface area contributed by atoms with Crippen LogP contribution in [-0.4, -0.2) is 23.7 Å². The number of unbranched alkanes of at least 4 members (excludes halogenated alkanes) is 10. The lowest BCUT2D eigenvalue weighted by Gasteiger charge is -2.05. The molecule has 4 nitrogen and oxygen atoms in total. The van der Waals surface area contributed by atoms with Crippen LogP contribution in [0.5, 0.6) is 0 Å². The van der Waals surface area contributed by atoms with Crippen LogP contribution in [-0.2, 0) is 4.74 Å². The highest BCUT2D eigenvalue weighted by Gasteiger charge is 2.16. The molecule has 4 heteroatoms. The number of carbonyl (C=O) groups excluding carboxylic acids is 1. The molecule has 0 bridgehead atoms. The van der Waals surface area contributed by atoms with Gasteiger partial charge in [-0.1, -0.05) is 89.0 Å². The standard InChI is InChI=1S/C23H34O4/c1-2-3-4-5-6-7-8-9-10-11-12-13-16-19-27-23(26)21-18-15-14-17-20(21)22(24)25/h13-18H,2-12,19H2,1H3,(H,24,25)/b16-13+. The summed E-state index contributed by atoms with van der Waals surface area (Å²) in [6.45, 7) is 2.42. The van der Waals surface area contributed by atoms with E-state index in [9.17, 15) is 9.59 Å². The topological polar surface area (TPSA) is 63.6 Å². The number of carbonyl (C=O) groups is 2. The highest BCUT2D eigenvalue weighted by atomic mass is 16.5. The molecule has 0 spiro atoms. The van der Waals surface area contributed by atoms with Gasteiger partial charge in [0.1, 0.15) is 6.61 Å². The molecule has 1 aromatic carbocycles. The SMILES string of the molecule is CCCCCCCCCCCC/C=C/COC(=O)c1ccccc1C(=O)O. The lowest BCUT2D eigenvalue weighted by molar-refractivity contribution is 0.0536. The number of carboxylic acids is 1. The summed E-state index contributed by atoms with van der Waals surface area (Å²) in [5.41, 5.74) is 0.0601. The minimum atomic E-state index is -1.13. The second kappa shape index (κ2) is 15.0. The molecule has 0 fully saturated rings. The van der Waals surface area contributed by atoms with Crippen LogP contribution in [0.1, 0.15) is 98.3 Å².